The number of hydrogen-bond donors (Lipinski definition) is 0. The van der Waals surface area contributed by atoms with Crippen molar-refractivity contribution in [3.05, 3.63) is 65.2 Å². The number of aryl methyl sites for hydroxylation is 1. The summed E-state index contributed by atoms with van der Waals surface area (Å²) in [4.78, 5) is 14.7. The molecule has 1 aliphatic rings. The summed E-state index contributed by atoms with van der Waals surface area (Å²) >= 11 is 0. The molecular formula is C20H23NO. The van der Waals surface area contributed by atoms with Gasteiger partial charge in [-0.3, -0.25) is 4.79 Å². The van der Waals surface area contributed by atoms with Crippen LogP contribution in [0, 0.1) is 18.8 Å². The number of carbonyl (C=O) groups excluding carboxylic acids is 1. The zero-order valence-corrected chi connectivity index (χ0v) is 13.7. The average molecular weight is 293 g/mol. The van der Waals surface area contributed by atoms with Gasteiger partial charge in [0.15, 0.2) is 0 Å². The second kappa shape index (κ2) is 5.60. The van der Waals surface area contributed by atoms with Gasteiger partial charge < -0.3 is 4.90 Å². The quantitative estimate of drug-likeness (QED) is 0.805. The van der Waals surface area contributed by atoms with Crippen molar-refractivity contribution in [3.8, 4) is 0 Å². The standard InChI is InChI=1S/C20H23NO/c1-13(2)18-19(15-11-9-14(3)10-12-15)16-7-5-6-8-17(16)21(4)20(18)22/h5-13,18-19H,1-4H3. The van der Waals surface area contributed by atoms with Crippen molar-refractivity contribution in [1.82, 2.24) is 0 Å². The summed E-state index contributed by atoms with van der Waals surface area (Å²) in [5.41, 5.74) is 4.78. The molecule has 0 aliphatic carbocycles. The van der Waals surface area contributed by atoms with Gasteiger partial charge in [-0.2, -0.15) is 0 Å². The number of para-hydroxylation sites is 1. The molecule has 1 aliphatic heterocycles. The Morgan fingerprint density at radius 1 is 1.00 bits per heavy atom. The molecule has 0 saturated heterocycles. The van der Waals surface area contributed by atoms with Gasteiger partial charge in [-0.15, -0.1) is 0 Å². The van der Waals surface area contributed by atoms with Crippen LogP contribution in [0.5, 0.6) is 0 Å². The Hall–Kier alpha value is -2.09. The molecule has 2 heteroatoms. The van der Waals surface area contributed by atoms with Gasteiger partial charge in [-0.05, 0) is 30.0 Å². The van der Waals surface area contributed by atoms with E-state index in [1.165, 1.54) is 16.7 Å². The molecule has 2 aromatic carbocycles. The predicted molar refractivity (Wildman–Crippen MR) is 91.2 cm³/mol. The molecule has 0 spiro atoms. The van der Waals surface area contributed by atoms with Gasteiger partial charge in [-0.25, -0.2) is 0 Å². The van der Waals surface area contributed by atoms with Crippen LogP contribution in [0.4, 0.5) is 5.69 Å². The van der Waals surface area contributed by atoms with Gasteiger partial charge in [-0.1, -0.05) is 61.9 Å². The second-order valence-corrected chi connectivity index (χ2v) is 6.61. The molecule has 2 aromatic rings. The van der Waals surface area contributed by atoms with Crippen LogP contribution < -0.4 is 4.90 Å². The van der Waals surface area contributed by atoms with Crippen LogP contribution in [0.3, 0.4) is 0 Å². The van der Waals surface area contributed by atoms with Crippen LogP contribution in [0.2, 0.25) is 0 Å². The largest absolute Gasteiger partial charge is 0.315 e. The lowest BCUT2D eigenvalue weighted by Gasteiger charge is -2.40. The van der Waals surface area contributed by atoms with Crippen molar-refractivity contribution in [2.45, 2.75) is 26.7 Å². The molecule has 2 nitrogen and oxygen atoms in total. The van der Waals surface area contributed by atoms with Crippen LogP contribution in [-0.2, 0) is 4.79 Å². The molecule has 3 rings (SSSR count). The Morgan fingerprint density at radius 3 is 2.27 bits per heavy atom. The summed E-state index contributed by atoms with van der Waals surface area (Å²) in [5, 5.41) is 0. The van der Waals surface area contributed by atoms with Crippen molar-refractivity contribution >= 4 is 11.6 Å². The maximum absolute atomic E-state index is 12.9. The van der Waals surface area contributed by atoms with E-state index in [0.717, 1.165) is 5.69 Å². The highest BCUT2D eigenvalue weighted by molar-refractivity contribution is 5.99. The Morgan fingerprint density at radius 2 is 1.64 bits per heavy atom. The topological polar surface area (TPSA) is 20.3 Å². The predicted octanol–water partition coefficient (Wildman–Crippen LogP) is 4.38. The lowest BCUT2D eigenvalue weighted by atomic mass is 9.72. The van der Waals surface area contributed by atoms with Crippen LogP contribution in [0.1, 0.15) is 36.5 Å². The third-order valence-electron chi connectivity index (χ3n) is 4.76. The second-order valence-electron chi connectivity index (χ2n) is 6.61. The summed E-state index contributed by atoms with van der Waals surface area (Å²) in [5.74, 6) is 0.650. The fourth-order valence-corrected chi connectivity index (χ4v) is 3.57. The number of carbonyl (C=O) groups is 1. The number of hydrogen-bond acceptors (Lipinski definition) is 1. The van der Waals surface area contributed by atoms with Crippen molar-refractivity contribution in [2.75, 3.05) is 11.9 Å². The Balaban J connectivity index is 2.20. The molecule has 22 heavy (non-hydrogen) atoms. The minimum Gasteiger partial charge on any atom is -0.315 e. The molecular weight excluding hydrogens is 270 g/mol. The summed E-state index contributed by atoms with van der Waals surface area (Å²) in [6.45, 7) is 6.38. The minimum absolute atomic E-state index is 0.0115. The number of benzene rings is 2. The van der Waals surface area contributed by atoms with Gasteiger partial charge in [0.25, 0.3) is 0 Å². The number of anilines is 1. The highest BCUT2D eigenvalue weighted by atomic mass is 16.2. The molecule has 0 bridgehead atoms. The van der Waals surface area contributed by atoms with Crippen molar-refractivity contribution in [3.63, 3.8) is 0 Å². The molecule has 0 radical (unpaired) electrons. The fraction of sp³-hybridized carbons (Fsp3) is 0.350. The van der Waals surface area contributed by atoms with Crippen LogP contribution in [0.25, 0.3) is 0 Å². The van der Waals surface area contributed by atoms with E-state index >= 15 is 0 Å². The Bertz CT molecular complexity index is 687. The molecule has 2 atom stereocenters. The third kappa shape index (κ3) is 2.33. The molecule has 1 amide bonds. The van der Waals surface area contributed by atoms with E-state index in [-0.39, 0.29) is 17.7 Å². The van der Waals surface area contributed by atoms with Crippen LogP contribution in [0.15, 0.2) is 48.5 Å². The maximum atomic E-state index is 12.9. The molecule has 1 heterocycles. The first-order valence-corrected chi connectivity index (χ1v) is 7.93. The molecule has 0 N–H and O–H groups in total. The summed E-state index contributed by atoms with van der Waals surface area (Å²) in [6.07, 6.45) is 0. The monoisotopic (exact) mass is 293 g/mol. The fourth-order valence-electron chi connectivity index (χ4n) is 3.57. The Kier molecular flexibility index (Phi) is 3.78. The van der Waals surface area contributed by atoms with E-state index in [4.69, 9.17) is 0 Å². The van der Waals surface area contributed by atoms with Crippen LogP contribution >= 0.6 is 0 Å². The normalized spacial score (nSPS) is 21.1. The third-order valence-corrected chi connectivity index (χ3v) is 4.76. The summed E-state index contributed by atoms with van der Waals surface area (Å²) in [7, 11) is 1.89. The lowest BCUT2D eigenvalue weighted by molar-refractivity contribution is -0.124. The van der Waals surface area contributed by atoms with E-state index in [2.05, 4.69) is 57.2 Å². The summed E-state index contributed by atoms with van der Waals surface area (Å²) in [6, 6.07) is 16.9. The number of fused-ring (bicyclic) bond motifs is 1. The van der Waals surface area contributed by atoms with E-state index in [1.54, 1.807) is 0 Å². The first kappa shape index (κ1) is 14.8. The molecule has 114 valence electrons. The smallest absolute Gasteiger partial charge is 0.231 e. The van der Waals surface area contributed by atoms with Crippen LogP contribution in [-0.4, -0.2) is 13.0 Å². The molecule has 0 fully saturated rings. The maximum Gasteiger partial charge on any atom is 0.231 e. The number of nitrogens with zero attached hydrogens (tertiary/aromatic N) is 1. The van der Waals surface area contributed by atoms with E-state index in [0.29, 0.717) is 5.92 Å². The van der Waals surface area contributed by atoms with Gasteiger partial charge in [0, 0.05) is 18.7 Å². The number of rotatable bonds is 2. The van der Waals surface area contributed by atoms with Crippen molar-refractivity contribution < 1.29 is 4.79 Å². The van der Waals surface area contributed by atoms with Gasteiger partial charge in [0.2, 0.25) is 5.91 Å². The van der Waals surface area contributed by atoms with E-state index in [1.807, 2.05) is 24.1 Å². The lowest BCUT2D eigenvalue weighted by Crippen LogP contribution is -2.43. The van der Waals surface area contributed by atoms with E-state index in [9.17, 15) is 4.79 Å². The van der Waals surface area contributed by atoms with Gasteiger partial charge in [0.05, 0.1) is 5.92 Å². The van der Waals surface area contributed by atoms with Crippen molar-refractivity contribution in [1.29, 1.82) is 0 Å². The summed E-state index contributed by atoms with van der Waals surface area (Å²) < 4.78 is 0. The average Bonchev–Trinajstić information content (AvgIpc) is 2.51. The van der Waals surface area contributed by atoms with Crippen molar-refractivity contribution in [2.24, 2.45) is 11.8 Å². The molecule has 2 unspecified atom stereocenters. The minimum atomic E-state index is -0.0115. The molecule has 0 saturated carbocycles. The number of amides is 1. The Labute approximate surface area is 132 Å². The first-order valence-electron chi connectivity index (χ1n) is 7.93. The molecule has 0 aromatic heterocycles. The van der Waals surface area contributed by atoms with Gasteiger partial charge >= 0.3 is 0 Å². The SMILES string of the molecule is Cc1ccc(C2c3ccccc3N(C)C(=O)C2C(C)C)cc1. The zero-order chi connectivity index (χ0) is 15.9. The highest BCUT2D eigenvalue weighted by Crippen LogP contribution is 2.45. The highest BCUT2D eigenvalue weighted by Gasteiger charge is 2.41. The van der Waals surface area contributed by atoms with E-state index < -0.39 is 0 Å². The van der Waals surface area contributed by atoms with Gasteiger partial charge in [0.1, 0.15) is 0 Å². The zero-order valence-electron chi connectivity index (χ0n) is 13.7. The first-order chi connectivity index (χ1) is 10.5.